The summed E-state index contributed by atoms with van der Waals surface area (Å²) in [5.41, 5.74) is 2.78. The number of hydrogen-bond acceptors (Lipinski definition) is 3. The molecule has 128 valence electrons. The van der Waals surface area contributed by atoms with Crippen LogP contribution in [0.4, 0.5) is 5.69 Å². The Balaban J connectivity index is 1.93. The van der Waals surface area contributed by atoms with Crippen LogP contribution in [0.3, 0.4) is 0 Å². The monoisotopic (exact) mass is 327 g/mol. The molecule has 24 heavy (non-hydrogen) atoms. The fourth-order valence-electron chi connectivity index (χ4n) is 2.21. The summed E-state index contributed by atoms with van der Waals surface area (Å²) in [7, 11) is 0. The highest BCUT2D eigenvalue weighted by Crippen LogP contribution is 2.24. The van der Waals surface area contributed by atoms with Crippen LogP contribution in [0, 0.1) is 13.8 Å². The van der Waals surface area contributed by atoms with E-state index in [1.54, 1.807) is 0 Å². The number of rotatable bonds is 8. The topological polar surface area (TPSA) is 47.6 Å². The highest BCUT2D eigenvalue weighted by molar-refractivity contribution is 5.93. The van der Waals surface area contributed by atoms with Crippen molar-refractivity contribution in [2.75, 3.05) is 18.5 Å². The van der Waals surface area contributed by atoms with Crippen LogP contribution in [0.1, 0.15) is 30.9 Å². The van der Waals surface area contributed by atoms with E-state index in [1.807, 2.05) is 56.3 Å². The molecular weight excluding hydrogens is 302 g/mol. The third-order valence-electron chi connectivity index (χ3n) is 3.62. The number of anilines is 1. The number of hydrogen-bond donors (Lipinski definition) is 1. The average molecular weight is 327 g/mol. The number of amides is 1. The molecule has 0 aliphatic heterocycles. The van der Waals surface area contributed by atoms with Crippen molar-refractivity contribution in [1.29, 1.82) is 0 Å². The van der Waals surface area contributed by atoms with E-state index in [0.29, 0.717) is 18.0 Å². The maximum atomic E-state index is 12.2. The third-order valence-corrected chi connectivity index (χ3v) is 3.62. The third kappa shape index (κ3) is 5.30. The number of aryl methyl sites for hydroxylation is 2. The number of ether oxygens (including phenoxy) is 2. The van der Waals surface area contributed by atoms with E-state index in [4.69, 9.17) is 9.47 Å². The van der Waals surface area contributed by atoms with Gasteiger partial charge in [-0.3, -0.25) is 4.79 Å². The highest BCUT2D eigenvalue weighted by Gasteiger charge is 2.09. The maximum absolute atomic E-state index is 12.2. The van der Waals surface area contributed by atoms with Gasteiger partial charge in [-0.1, -0.05) is 37.6 Å². The Morgan fingerprint density at radius 3 is 2.62 bits per heavy atom. The fourth-order valence-corrected chi connectivity index (χ4v) is 2.21. The van der Waals surface area contributed by atoms with Gasteiger partial charge in [-0.15, -0.1) is 0 Å². The summed E-state index contributed by atoms with van der Waals surface area (Å²) >= 11 is 0. The molecule has 0 fully saturated rings. The van der Waals surface area contributed by atoms with Crippen LogP contribution in [0.25, 0.3) is 0 Å². The normalized spacial score (nSPS) is 10.3. The van der Waals surface area contributed by atoms with Crippen LogP contribution in [-0.2, 0) is 4.79 Å². The summed E-state index contributed by atoms with van der Waals surface area (Å²) in [5.74, 6) is 1.21. The van der Waals surface area contributed by atoms with Crippen molar-refractivity contribution in [3.63, 3.8) is 0 Å². The largest absolute Gasteiger partial charge is 0.491 e. The lowest BCUT2D eigenvalue weighted by Gasteiger charge is -2.13. The van der Waals surface area contributed by atoms with Crippen molar-refractivity contribution in [1.82, 2.24) is 0 Å². The Hall–Kier alpha value is -2.49. The first-order valence-corrected chi connectivity index (χ1v) is 8.32. The molecule has 4 nitrogen and oxygen atoms in total. The average Bonchev–Trinajstić information content (AvgIpc) is 2.57. The van der Waals surface area contributed by atoms with Crippen molar-refractivity contribution in [2.45, 2.75) is 33.6 Å². The van der Waals surface area contributed by atoms with Gasteiger partial charge in [0.2, 0.25) is 0 Å². The van der Waals surface area contributed by atoms with Crippen molar-refractivity contribution in [3.05, 3.63) is 53.6 Å². The number of carbonyl (C=O) groups is 1. The lowest BCUT2D eigenvalue weighted by molar-refractivity contribution is -0.118. The summed E-state index contributed by atoms with van der Waals surface area (Å²) in [6, 6.07) is 13.4. The smallest absolute Gasteiger partial charge is 0.262 e. The van der Waals surface area contributed by atoms with Gasteiger partial charge in [0.1, 0.15) is 11.5 Å². The van der Waals surface area contributed by atoms with Crippen molar-refractivity contribution in [2.24, 2.45) is 0 Å². The highest BCUT2D eigenvalue weighted by atomic mass is 16.5. The molecule has 0 bridgehead atoms. The minimum Gasteiger partial charge on any atom is -0.491 e. The van der Waals surface area contributed by atoms with E-state index >= 15 is 0 Å². The van der Waals surface area contributed by atoms with E-state index in [9.17, 15) is 4.79 Å². The first kappa shape index (κ1) is 17.9. The van der Waals surface area contributed by atoms with Crippen LogP contribution in [0.5, 0.6) is 11.5 Å². The number of unbranched alkanes of at least 4 members (excludes halogenated alkanes) is 1. The number of nitrogens with one attached hydrogen (secondary N) is 1. The van der Waals surface area contributed by atoms with Crippen LogP contribution in [0.15, 0.2) is 42.5 Å². The summed E-state index contributed by atoms with van der Waals surface area (Å²) in [6.07, 6.45) is 2.05. The second kappa shape index (κ2) is 8.96. The SMILES string of the molecule is CCCCOc1ccccc1NC(=O)COc1cc(C)ccc1C. The molecule has 1 N–H and O–H groups in total. The summed E-state index contributed by atoms with van der Waals surface area (Å²) in [5, 5.41) is 2.85. The van der Waals surface area contributed by atoms with Gasteiger partial charge < -0.3 is 14.8 Å². The Bertz CT molecular complexity index is 682. The van der Waals surface area contributed by atoms with Gasteiger partial charge in [-0.25, -0.2) is 0 Å². The van der Waals surface area contributed by atoms with Gasteiger partial charge in [-0.05, 0) is 49.6 Å². The molecule has 0 heterocycles. The van der Waals surface area contributed by atoms with E-state index in [2.05, 4.69) is 12.2 Å². The molecule has 0 spiro atoms. The van der Waals surface area contributed by atoms with Crippen LogP contribution in [-0.4, -0.2) is 19.1 Å². The van der Waals surface area contributed by atoms with E-state index in [0.717, 1.165) is 29.7 Å². The van der Waals surface area contributed by atoms with E-state index in [1.165, 1.54) is 0 Å². The minimum atomic E-state index is -0.206. The predicted octanol–water partition coefficient (Wildman–Crippen LogP) is 4.50. The van der Waals surface area contributed by atoms with Gasteiger partial charge in [0.05, 0.1) is 12.3 Å². The van der Waals surface area contributed by atoms with E-state index in [-0.39, 0.29) is 12.5 Å². The maximum Gasteiger partial charge on any atom is 0.262 e. The Morgan fingerprint density at radius 2 is 1.83 bits per heavy atom. The van der Waals surface area contributed by atoms with Crippen LogP contribution < -0.4 is 14.8 Å². The van der Waals surface area contributed by atoms with Crippen LogP contribution >= 0.6 is 0 Å². The first-order chi connectivity index (χ1) is 11.6. The van der Waals surface area contributed by atoms with Gasteiger partial charge in [0.15, 0.2) is 6.61 Å². The van der Waals surface area contributed by atoms with Crippen molar-refractivity contribution < 1.29 is 14.3 Å². The molecule has 0 saturated carbocycles. The molecule has 0 radical (unpaired) electrons. The van der Waals surface area contributed by atoms with Crippen molar-refractivity contribution in [3.8, 4) is 11.5 Å². The summed E-state index contributed by atoms with van der Waals surface area (Å²) < 4.78 is 11.4. The standard InChI is InChI=1S/C20H25NO3/c1-4-5-12-23-18-9-7-6-8-17(18)21-20(22)14-24-19-13-15(2)10-11-16(19)3/h6-11,13H,4-5,12,14H2,1-3H3,(H,21,22). The molecule has 1 amide bonds. The molecule has 2 rings (SSSR count). The molecule has 2 aromatic carbocycles. The molecule has 2 aromatic rings. The second-order valence-electron chi connectivity index (χ2n) is 5.80. The zero-order chi connectivity index (χ0) is 17.4. The molecule has 0 unspecified atom stereocenters. The lowest BCUT2D eigenvalue weighted by atomic mass is 10.1. The summed E-state index contributed by atoms with van der Waals surface area (Å²) in [4.78, 5) is 12.2. The summed E-state index contributed by atoms with van der Waals surface area (Å²) in [6.45, 7) is 6.68. The molecule has 0 aliphatic rings. The van der Waals surface area contributed by atoms with Gasteiger partial charge in [-0.2, -0.15) is 0 Å². The van der Waals surface area contributed by atoms with Gasteiger partial charge in [0, 0.05) is 0 Å². The van der Waals surface area contributed by atoms with Gasteiger partial charge >= 0.3 is 0 Å². The lowest BCUT2D eigenvalue weighted by Crippen LogP contribution is -2.21. The predicted molar refractivity (Wildman–Crippen MR) is 96.9 cm³/mol. The Labute approximate surface area is 143 Å². The molecular formula is C20H25NO3. The number of benzene rings is 2. The molecule has 0 aliphatic carbocycles. The molecule has 0 atom stereocenters. The number of para-hydroxylation sites is 2. The fraction of sp³-hybridized carbons (Fsp3) is 0.350. The Kier molecular flexibility index (Phi) is 6.67. The molecule has 0 saturated heterocycles. The zero-order valence-corrected chi connectivity index (χ0v) is 14.6. The van der Waals surface area contributed by atoms with Crippen molar-refractivity contribution >= 4 is 11.6 Å². The Morgan fingerprint density at radius 1 is 1.04 bits per heavy atom. The van der Waals surface area contributed by atoms with E-state index < -0.39 is 0 Å². The minimum absolute atomic E-state index is 0.0341. The van der Waals surface area contributed by atoms with Crippen LogP contribution in [0.2, 0.25) is 0 Å². The first-order valence-electron chi connectivity index (χ1n) is 8.32. The number of carbonyl (C=O) groups excluding carboxylic acids is 1. The van der Waals surface area contributed by atoms with Gasteiger partial charge in [0.25, 0.3) is 5.91 Å². The zero-order valence-electron chi connectivity index (χ0n) is 14.6. The quantitative estimate of drug-likeness (QED) is 0.726. The second-order valence-corrected chi connectivity index (χ2v) is 5.80. The molecule has 0 aromatic heterocycles. The molecule has 4 heteroatoms.